The number of alkyl halides is 6. The standard InChI is InChI=1S/C7H10F6O2/c1-4(2)15-7(12,13)5(8,3-14)6(9,10)11/h4,14H,3H2,1-2H3. The highest BCUT2D eigenvalue weighted by Crippen LogP contribution is 2.45. The minimum Gasteiger partial charge on any atom is -0.392 e. The summed E-state index contributed by atoms with van der Waals surface area (Å²) in [6.45, 7) is -0.375. The zero-order valence-corrected chi connectivity index (χ0v) is 7.91. The minimum absolute atomic E-state index is 1.02. The second-order valence-corrected chi connectivity index (χ2v) is 3.14. The van der Waals surface area contributed by atoms with Crippen LogP contribution in [-0.2, 0) is 4.74 Å². The molecule has 0 aliphatic carbocycles. The van der Waals surface area contributed by atoms with Gasteiger partial charge in [-0.1, -0.05) is 0 Å². The molecule has 0 heterocycles. The molecule has 1 N–H and O–H groups in total. The maximum Gasteiger partial charge on any atom is 0.433 e. The quantitative estimate of drug-likeness (QED) is 0.764. The van der Waals surface area contributed by atoms with Crippen LogP contribution in [0.15, 0.2) is 0 Å². The van der Waals surface area contributed by atoms with E-state index in [0.29, 0.717) is 0 Å². The third-order valence-corrected chi connectivity index (χ3v) is 1.51. The molecule has 0 bridgehead atoms. The molecule has 0 aromatic heterocycles. The van der Waals surface area contributed by atoms with Gasteiger partial charge >= 0.3 is 18.0 Å². The average molecular weight is 240 g/mol. The summed E-state index contributed by atoms with van der Waals surface area (Å²) in [5, 5.41) is 8.11. The molecule has 92 valence electrons. The molecule has 1 atom stereocenters. The van der Waals surface area contributed by atoms with Crippen LogP contribution in [-0.4, -0.2) is 35.8 Å². The SMILES string of the molecule is CC(C)OC(F)(F)C(F)(CO)C(F)(F)F. The van der Waals surface area contributed by atoms with E-state index in [9.17, 15) is 26.3 Å². The van der Waals surface area contributed by atoms with Gasteiger partial charge in [0.15, 0.2) is 0 Å². The highest BCUT2D eigenvalue weighted by Gasteiger charge is 2.72. The van der Waals surface area contributed by atoms with E-state index < -0.39 is 30.7 Å². The van der Waals surface area contributed by atoms with Gasteiger partial charge in [-0.15, -0.1) is 0 Å². The van der Waals surface area contributed by atoms with Crippen molar-refractivity contribution in [2.75, 3.05) is 6.61 Å². The Bertz CT molecular complexity index is 214. The number of hydrogen-bond acceptors (Lipinski definition) is 2. The lowest BCUT2D eigenvalue weighted by Crippen LogP contribution is -2.59. The summed E-state index contributed by atoms with van der Waals surface area (Å²) in [5.74, 6) is 0. The summed E-state index contributed by atoms with van der Waals surface area (Å²) in [5.41, 5.74) is -5.09. The molecular weight excluding hydrogens is 230 g/mol. The Morgan fingerprint density at radius 3 is 1.67 bits per heavy atom. The van der Waals surface area contributed by atoms with Crippen LogP contribution in [0, 0.1) is 0 Å². The number of rotatable bonds is 4. The highest BCUT2D eigenvalue weighted by atomic mass is 19.4. The van der Waals surface area contributed by atoms with Crippen LogP contribution in [0.3, 0.4) is 0 Å². The first-order valence-corrected chi connectivity index (χ1v) is 3.90. The van der Waals surface area contributed by atoms with Crippen LogP contribution in [0.25, 0.3) is 0 Å². The van der Waals surface area contributed by atoms with Gasteiger partial charge in [-0.05, 0) is 13.8 Å². The molecular formula is C7H10F6O2. The van der Waals surface area contributed by atoms with Crippen molar-refractivity contribution in [3.05, 3.63) is 0 Å². The fraction of sp³-hybridized carbons (Fsp3) is 1.00. The molecule has 0 aromatic carbocycles. The van der Waals surface area contributed by atoms with Crippen LogP contribution in [0.1, 0.15) is 13.8 Å². The van der Waals surface area contributed by atoms with E-state index in [-0.39, 0.29) is 0 Å². The van der Waals surface area contributed by atoms with Crippen molar-refractivity contribution >= 4 is 0 Å². The Balaban J connectivity index is 5.10. The van der Waals surface area contributed by atoms with Crippen molar-refractivity contribution in [2.24, 2.45) is 0 Å². The van der Waals surface area contributed by atoms with Crippen molar-refractivity contribution in [1.82, 2.24) is 0 Å². The Morgan fingerprint density at radius 2 is 1.47 bits per heavy atom. The van der Waals surface area contributed by atoms with Gasteiger partial charge < -0.3 is 9.84 Å². The van der Waals surface area contributed by atoms with Gasteiger partial charge in [0, 0.05) is 0 Å². The van der Waals surface area contributed by atoms with E-state index in [2.05, 4.69) is 4.74 Å². The first-order chi connectivity index (χ1) is 6.48. The molecule has 0 aromatic rings. The molecule has 15 heavy (non-hydrogen) atoms. The fourth-order valence-electron chi connectivity index (χ4n) is 0.736. The molecule has 2 nitrogen and oxygen atoms in total. The van der Waals surface area contributed by atoms with Crippen LogP contribution in [0.5, 0.6) is 0 Å². The third kappa shape index (κ3) is 2.75. The van der Waals surface area contributed by atoms with Crippen molar-refractivity contribution in [1.29, 1.82) is 0 Å². The molecule has 0 saturated carbocycles. The van der Waals surface area contributed by atoms with Gasteiger partial charge in [0.1, 0.15) is 0 Å². The first kappa shape index (κ1) is 14.5. The van der Waals surface area contributed by atoms with E-state index in [1.807, 2.05) is 0 Å². The second kappa shape index (κ2) is 4.17. The summed E-state index contributed by atoms with van der Waals surface area (Å²) < 4.78 is 77.8. The van der Waals surface area contributed by atoms with Gasteiger partial charge in [0.05, 0.1) is 12.7 Å². The predicted molar refractivity (Wildman–Crippen MR) is 38.1 cm³/mol. The lowest BCUT2D eigenvalue weighted by Gasteiger charge is -2.33. The second-order valence-electron chi connectivity index (χ2n) is 3.14. The molecule has 0 radical (unpaired) electrons. The van der Waals surface area contributed by atoms with Gasteiger partial charge in [0.25, 0.3) is 0 Å². The third-order valence-electron chi connectivity index (χ3n) is 1.51. The number of aliphatic hydroxyl groups is 1. The Kier molecular flexibility index (Phi) is 4.03. The predicted octanol–water partition coefficient (Wildman–Crippen LogP) is 2.27. The number of hydrogen-bond donors (Lipinski definition) is 1. The minimum atomic E-state index is -5.92. The van der Waals surface area contributed by atoms with Crippen LogP contribution in [0.4, 0.5) is 26.3 Å². The summed E-state index contributed by atoms with van der Waals surface area (Å²) in [6.07, 6.45) is -12.4. The summed E-state index contributed by atoms with van der Waals surface area (Å²) in [6, 6.07) is 0. The zero-order chi connectivity index (χ0) is 12.5. The lowest BCUT2D eigenvalue weighted by molar-refractivity contribution is -0.395. The molecule has 0 aliphatic rings. The van der Waals surface area contributed by atoms with Crippen molar-refractivity contribution < 1.29 is 36.2 Å². The summed E-state index contributed by atoms with van der Waals surface area (Å²) in [4.78, 5) is 0. The molecule has 0 amide bonds. The first-order valence-electron chi connectivity index (χ1n) is 3.90. The van der Waals surface area contributed by atoms with Crippen molar-refractivity contribution in [3.63, 3.8) is 0 Å². The summed E-state index contributed by atoms with van der Waals surface area (Å²) >= 11 is 0. The molecule has 1 unspecified atom stereocenters. The number of halogens is 6. The van der Waals surface area contributed by atoms with Gasteiger partial charge in [-0.2, -0.15) is 22.0 Å². The Hall–Kier alpha value is -0.500. The number of aliphatic hydroxyl groups excluding tert-OH is 1. The number of ether oxygens (including phenoxy) is 1. The fourth-order valence-corrected chi connectivity index (χ4v) is 0.736. The van der Waals surface area contributed by atoms with Gasteiger partial charge in [-0.3, -0.25) is 0 Å². The van der Waals surface area contributed by atoms with Crippen molar-refractivity contribution in [2.45, 2.75) is 37.9 Å². The normalized spacial score (nSPS) is 18.0. The molecule has 0 rings (SSSR count). The van der Waals surface area contributed by atoms with Gasteiger partial charge in [0.2, 0.25) is 0 Å². The average Bonchev–Trinajstić information content (AvgIpc) is 1.97. The Morgan fingerprint density at radius 1 is 1.07 bits per heavy atom. The maximum atomic E-state index is 12.9. The Labute approximate surface area is 81.8 Å². The highest BCUT2D eigenvalue weighted by molar-refractivity contribution is 4.94. The van der Waals surface area contributed by atoms with Gasteiger partial charge in [-0.25, -0.2) is 4.39 Å². The van der Waals surface area contributed by atoms with E-state index in [0.717, 1.165) is 13.8 Å². The van der Waals surface area contributed by atoms with E-state index in [4.69, 9.17) is 5.11 Å². The van der Waals surface area contributed by atoms with Crippen LogP contribution in [0.2, 0.25) is 0 Å². The molecule has 0 spiro atoms. The molecule has 0 aliphatic heterocycles. The topological polar surface area (TPSA) is 29.5 Å². The smallest absolute Gasteiger partial charge is 0.392 e. The molecule has 8 heteroatoms. The van der Waals surface area contributed by atoms with E-state index in [1.54, 1.807) is 0 Å². The van der Waals surface area contributed by atoms with Crippen LogP contribution < -0.4 is 0 Å². The maximum absolute atomic E-state index is 12.9. The van der Waals surface area contributed by atoms with Crippen LogP contribution >= 0.6 is 0 Å². The lowest BCUT2D eigenvalue weighted by atomic mass is 10.1. The molecule has 0 fully saturated rings. The van der Waals surface area contributed by atoms with Crippen molar-refractivity contribution in [3.8, 4) is 0 Å². The van der Waals surface area contributed by atoms with E-state index in [1.165, 1.54) is 0 Å². The van der Waals surface area contributed by atoms with E-state index >= 15 is 0 Å². The zero-order valence-electron chi connectivity index (χ0n) is 7.91. The summed E-state index contributed by atoms with van der Waals surface area (Å²) in [7, 11) is 0. The largest absolute Gasteiger partial charge is 0.433 e. The monoisotopic (exact) mass is 240 g/mol. The molecule has 0 saturated heterocycles.